The zero-order chi connectivity index (χ0) is 19.9. The number of amides is 1. The molecule has 0 saturated heterocycles. The van der Waals surface area contributed by atoms with E-state index in [2.05, 4.69) is 32.0 Å². The first-order valence-electron chi connectivity index (χ1n) is 9.61. The smallest absolute Gasteiger partial charge is 0.225 e. The zero-order valence-corrected chi connectivity index (χ0v) is 16.7. The van der Waals surface area contributed by atoms with Gasteiger partial charge in [-0.2, -0.15) is 0 Å². The summed E-state index contributed by atoms with van der Waals surface area (Å²) in [6.07, 6.45) is 0.468. The van der Waals surface area contributed by atoms with Crippen molar-refractivity contribution >= 4 is 23.4 Å². The fourth-order valence-corrected chi connectivity index (χ4v) is 3.21. The SMILES string of the molecule is CCNC(=NCc1cccc(N(C)C)n1)NCC1CC(=O)Nc2ccccc21. The molecule has 3 N–H and O–H groups in total. The fourth-order valence-electron chi connectivity index (χ4n) is 3.21. The monoisotopic (exact) mass is 380 g/mol. The van der Waals surface area contributed by atoms with E-state index in [4.69, 9.17) is 0 Å². The van der Waals surface area contributed by atoms with E-state index in [9.17, 15) is 4.79 Å². The van der Waals surface area contributed by atoms with Crippen molar-refractivity contribution in [2.45, 2.75) is 25.8 Å². The van der Waals surface area contributed by atoms with Gasteiger partial charge in [-0.3, -0.25) is 4.79 Å². The van der Waals surface area contributed by atoms with Gasteiger partial charge in [-0.1, -0.05) is 24.3 Å². The zero-order valence-electron chi connectivity index (χ0n) is 16.7. The highest BCUT2D eigenvalue weighted by atomic mass is 16.1. The summed E-state index contributed by atoms with van der Waals surface area (Å²) in [5.41, 5.74) is 2.97. The van der Waals surface area contributed by atoms with E-state index in [0.29, 0.717) is 19.5 Å². The van der Waals surface area contributed by atoms with Gasteiger partial charge in [-0.25, -0.2) is 9.98 Å². The second-order valence-electron chi connectivity index (χ2n) is 6.99. The van der Waals surface area contributed by atoms with Crippen molar-refractivity contribution in [3.8, 4) is 0 Å². The topological polar surface area (TPSA) is 81.7 Å². The summed E-state index contributed by atoms with van der Waals surface area (Å²) in [5.74, 6) is 1.81. The number of rotatable bonds is 6. The third-order valence-electron chi connectivity index (χ3n) is 4.62. The minimum absolute atomic E-state index is 0.0529. The summed E-state index contributed by atoms with van der Waals surface area (Å²) in [4.78, 5) is 23.2. The molecule has 2 aromatic rings. The molecule has 0 fully saturated rings. The van der Waals surface area contributed by atoms with Crippen LogP contribution in [0.15, 0.2) is 47.5 Å². The Morgan fingerprint density at radius 2 is 2.04 bits per heavy atom. The van der Waals surface area contributed by atoms with Gasteiger partial charge < -0.3 is 20.9 Å². The maximum atomic E-state index is 12.0. The fraction of sp³-hybridized carbons (Fsp3) is 0.381. The van der Waals surface area contributed by atoms with E-state index in [0.717, 1.165) is 35.3 Å². The number of benzene rings is 1. The number of anilines is 2. The van der Waals surface area contributed by atoms with E-state index in [1.54, 1.807) is 0 Å². The van der Waals surface area contributed by atoms with Crippen molar-refractivity contribution in [2.24, 2.45) is 4.99 Å². The standard InChI is InChI=1S/C21H28N6O/c1-4-22-21(24-14-16-8-7-11-19(25-16)27(2)3)23-13-15-12-20(28)26-18-10-6-5-9-17(15)18/h5-11,15H,4,12-14H2,1-3H3,(H,26,28)(H2,22,23,24). The molecule has 2 heterocycles. The van der Waals surface area contributed by atoms with Crippen LogP contribution in [0.4, 0.5) is 11.5 Å². The first kappa shape index (κ1) is 19.7. The van der Waals surface area contributed by atoms with Gasteiger partial charge in [0.05, 0.1) is 12.2 Å². The molecule has 1 aromatic heterocycles. The van der Waals surface area contributed by atoms with Gasteiger partial charge in [0.2, 0.25) is 5.91 Å². The van der Waals surface area contributed by atoms with Gasteiger partial charge in [0.15, 0.2) is 5.96 Å². The number of para-hydroxylation sites is 1. The number of pyridine rings is 1. The van der Waals surface area contributed by atoms with Crippen LogP contribution in [0.2, 0.25) is 0 Å². The molecular formula is C21H28N6O. The molecule has 0 bridgehead atoms. The highest BCUT2D eigenvalue weighted by Gasteiger charge is 2.24. The summed E-state index contributed by atoms with van der Waals surface area (Å²) in [6, 6.07) is 13.9. The number of nitrogens with zero attached hydrogens (tertiary/aromatic N) is 3. The number of carbonyl (C=O) groups excluding carboxylic acids is 1. The Kier molecular flexibility index (Phi) is 6.47. The van der Waals surface area contributed by atoms with Crippen LogP contribution in [0.5, 0.6) is 0 Å². The number of fused-ring (bicyclic) bond motifs is 1. The van der Waals surface area contributed by atoms with E-state index >= 15 is 0 Å². The molecular weight excluding hydrogens is 352 g/mol. The van der Waals surface area contributed by atoms with Gasteiger partial charge >= 0.3 is 0 Å². The van der Waals surface area contributed by atoms with Gasteiger partial charge in [-0.15, -0.1) is 0 Å². The molecule has 0 saturated carbocycles. The molecule has 0 aliphatic carbocycles. The van der Waals surface area contributed by atoms with Crippen LogP contribution in [0.1, 0.15) is 30.5 Å². The van der Waals surface area contributed by atoms with Crippen molar-refractivity contribution < 1.29 is 4.79 Å². The molecule has 1 aliphatic heterocycles. The molecule has 1 atom stereocenters. The Morgan fingerprint density at radius 1 is 1.21 bits per heavy atom. The molecule has 3 rings (SSSR count). The first-order valence-corrected chi connectivity index (χ1v) is 9.61. The van der Waals surface area contributed by atoms with Crippen LogP contribution in [0.3, 0.4) is 0 Å². The summed E-state index contributed by atoms with van der Waals surface area (Å²) in [5, 5.41) is 9.58. The van der Waals surface area contributed by atoms with Crippen molar-refractivity contribution in [1.29, 1.82) is 0 Å². The number of aromatic nitrogens is 1. The maximum Gasteiger partial charge on any atom is 0.225 e. The molecule has 7 heteroatoms. The average molecular weight is 380 g/mol. The predicted octanol–water partition coefficient (Wildman–Crippen LogP) is 2.33. The molecule has 0 radical (unpaired) electrons. The lowest BCUT2D eigenvalue weighted by molar-refractivity contribution is -0.116. The Bertz CT molecular complexity index is 848. The second kappa shape index (κ2) is 9.21. The molecule has 1 unspecified atom stereocenters. The van der Waals surface area contributed by atoms with Crippen LogP contribution in [0, 0.1) is 0 Å². The number of nitrogens with one attached hydrogen (secondary N) is 3. The Morgan fingerprint density at radius 3 is 2.82 bits per heavy atom. The quantitative estimate of drug-likeness (QED) is 0.529. The van der Waals surface area contributed by atoms with Crippen LogP contribution in [-0.2, 0) is 11.3 Å². The van der Waals surface area contributed by atoms with Crippen molar-refractivity contribution in [2.75, 3.05) is 37.4 Å². The van der Waals surface area contributed by atoms with Crippen molar-refractivity contribution in [3.05, 3.63) is 53.7 Å². The molecule has 7 nitrogen and oxygen atoms in total. The van der Waals surface area contributed by atoms with E-state index in [-0.39, 0.29) is 11.8 Å². The minimum Gasteiger partial charge on any atom is -0.363 e. The lowest BCUT2D eigenvalue weighted by Crippen LogP contribution is -2.40. The molecule has 0 spiro atoms. The Labute approximate surface area is 166 Å². The Hall–Kier alpha value is -3.09. The second-order valence-corrected chi connectivity index (χ2v) is 6.99. The van der Waals surface area contributed by atoms with Gasteiger partial charge in [0, 0.05) is 45.2 Å². The van der Waals surface area contributed by atoms with E-state index in [1.165, 1.54) is 0 Å². The molecule has 1 amide bonds. The van der Waals surface area contributed by atoms with Gasteiger partial charge in [0.1, 0.15) is 5.82 Å². The lowest BCUT2D eigenvalue weighted by atomic mass is 9.90. The predicted molar refractivity (Wildman–Crippen MR) is 114 cm³/mol. The Balaban J connectivity index is 1.67. The largest absolute Gasteiger partial charge is 0.363 e. The van der Waals surface area contributed by atoms with E-state index in [1.807, 2.05) is 62.3 Å². The van der Waals surface area contributed by atoms with Crippen LogP contribution >= 0.6 is 0 Å². The third kappa shape index (κ3) is 5.00. The number of hydrogen-bond donors (Lipinski definition) is 3. The summed E-state index contributed by atoms with van der Waals surface area (Å²) in [6.45, 7) is 3.92. The average Bonchev–Trinajstić information content (AvgIpc) is 2.70. The highest BCUT2D eigenvalue weighted by molar-refractivity contribution is 5.94. The molecule has 148 valence electrons. The van der Waals surface area contributed by atoms with Crippen LogP contribution in [-0.4, -0.2) is 44.0 Å². The number of carbonyl (C=O) groups is 1. The normalized spacial score (nSPS) is 16.2. The van der Waals surface area contributed by atoms with Crippen LogP contribution < -0.4 is 20.9 Å². The molecule has 1 aromatic carbocycles. The van der Waals surface area contributed by atoms with Gasteiger partial charge in [0.25, 0.3) is 0 Å². The summed E-state index contributed by atoms with van der Waals surface area (Å²) < 4.78 is 0. The number of guanidine groups is 1. The highest BCUT2D eigenvalue weighted by Crippen LogP contribution is 2.31. The van der Waals surface area contributed by atoms with Gasteiger partial charge in [-0.05, 0) is 30.7 Å². The molecule has 1 aliphatic rings. The summed E-state index contributed by atoms with van der Waals surface area (Å²) >= 11 is 0. The van der Waals surface area contributed by atoms with E-state index < -0.39 is 0 Å². The minimum atomic E-state index is 0.0529. The summed E-state index contributed by atoms with van der Waals surface area (Å²) in [7, 11) is 3.94. The number of hydrogen-bond acceptors (Lipinski definition) is 4. The molecule has 28 heavy (non-hydrogen) atoms. The maximum absolute atomic E-state index is 12.0. The third-order valence-corrected chi connectivity index (χ3v) is 4.62. The van der Waals surface area contributed by atoms with Crippen molar-refractivity contribution in [1.82, 2.24) is 15.6 Å². The lowest BCUT2D eigenvalue weighted by Gasteiger charge is -2.26. The van der Waals surface area contributed by atoms with Crippen molar-refractivity contribution in [3.63, 3.8) is 0 Å². The first-order chi connectivity index (χ1) is 13.6. The van der Waals surface area contributed by atoms with Crippen LogP contribution in [0.25, 0.3) is 0 Å². The number of aliphatic imine (C=N–C) groups is 1.